The van der Waals surface area contributed by atoms with E-state index in [0.29, 0.717) is 0 Å². The van der Waals surface area contributed by atoms with Gasteiger partial charge in [-0.3, -0.25) is 0 Å². The third kappa shape index (κ3) is 3.02. The summed E-state index contributed by atoms with van der Waals surface area (Å²) in [5.41, 5.74) is 9.11. The number of hydrogen-bond donors (Lipinski definition) is 1. The Morgan fingerprint density at radius 2 is 1.33 bits per heavy atom. The quantitative estimate of drug-likeness (QED) is 0.610. The second kappa shape index (κ2) is 6.96. The fourth-order valence-electron chi connectivity index (χ4n) is 4.02. The number of para-hydroxylation sites is 1. The van der Waals surface area contributed by atoms with E-state index in [1.807, 2.05) is 18.2 Å². The van der Waals surface area contributed by atoms with Crippen LogP contribution < -0.4 is 10.2 Å². The van der Waals surface area contributed by atoms with Gasteiger partial charge >= 0.3 is 0 Å². The van der Waals surface area contributed by atoms with E-state index in [4.69, 9.17) is 1.41 Å². The molecule has 136 valence electrons. The Hall–Kier alpha value is -3.00. The molecule has 0 radical (unpaired) electrons. The van der Waals surface area contributed by atoms with Crippen molar-refractivity contribution in [2.24, 2.45) is 0 Å². The lowest BCUT2D eigenvalue weighted by atomic mass is 9.99. The first-order valence-corrected chi connectivity index (χ1v) is 9.46. The zero-order valence-electron chi connectivity index (χ0n) is 17.4. The maximum atomic E-state index is 9.13. The Labute approximate surface area is 163 Å². The van der Waals surface area contributed by atoms with Gasteiger partial charge in [-0.2, -0.15) is 0 Å². The van der Waals surface area contributed by atoms with Gasteiger partial charge in [0.1, 0.15) is 6.17 Å². The first-order valence-electron chi connectivity index (χ1n) is 9.91. The molecular formula is C25H26N2. The van der Waals surface area contributed by atoms with Crippen molar-refractivity contribution in [3.8, 4) is 0 Å². The van der Waals surface area contributed by atoms with Crippen molar-refractivity contribution in [3.05, 3.63) is 106 Å². The molecule has 1 aliphatic heterocycles. The maximum absolute atomic E-state index is 9.13. The lowest BCUT2D eigenvalue weighted by Gasteiger charge is -2.31. The van der Waals surface area contributed by atoms with Crippen LogP contribution in [0.2, 0.25) is 1.41 Å². The van der Waals surface area contributed by atoms with Crippen molar-refractivity contribution in [1.29, 1.82) is 0 Å². The van der Waals surface area contributed by atoms with E-state index in [-0.39, 0.29) is 6.17 Å². The lowest BCUT2D eigenvalue weighted by Crippen LogP contribution is -2.30. The molecule has 0 saturated heterocycles. The largest absolute Gasteiger partial charge is 0.359 e. The zero-order chi connectivity index (χ0) is 19.8. The van der Waals surface area contributed by atoms with Crippen LogP contribution in [-0.4, -0.2) is 0 Å². The van der Waals surface area contributed by atoms with E-state index < -0.39 is 0 Å². The number of allylic oxidation sites excluding steroid dienone is 1. The highest BCUT2D eigenvalue weighted by atomic mass is 15.3. The molecule has 0 spiro atoms. The molecule has 1 heterocycles. The summed E-state index contributed by atoms with van der Waals surface area (Å²) in [4.78, 5) is 2.32. The third-order valence-electron chi connectivity index (χ3n) is 5.42. The number of nitrogens with zero attached hydrogens (tertiary/aromatic N) is 1. The van der Waals surface area contributed by atoms with Crippen LogP contribution in [0, 0.1) is 20.8 Å². The second-order valence-corrected chi connectivity index (χ2v) is 7.26. The number of aryl methyl sites for hydroxylation is 3. The SMILES string of the molecule is [2H]N1C(c2ccccc2)=C(C)N(c2ccccc2C)C1c1c(C)cccc1C. The Balaban J connectivity index is 1.96. The molecule has 0 bridgehead atoms. The van der Waals surface area contributed by atoms with Crippen LogP contribution in [-0.2, 0) is 0 Å². The minimum atomic E-state index is -0.197. The Morgan fingerprint density at radius 3 is 2.00 bits per heavy atom. The van der Waals surface area contributed by atoms with Gasteiger partial charge in [-0.25, -0.2) is 0 Å². The molecule has 1 N–H and O–H groups in total. The Bertz CT molecular complexity index is 1020. The van der Waals surface area contributed by atoms with Gasteiger partial charge < -0.3 is 10.2 Å². The summed E-state index contributed by atoms with van der Waals surface area (Å²) in [7, 11) is 0. The normalized spacial score (nSPS) is 17.5. The van der Waals surface area contributed by atoms with Crippen LogP contribution in [0.25, 0.3) is 5.70 Å². The van der Waals surface area contributed by atoms with Crippen molar-refractivity contribution in [1.82, 2.24) is 5.31 Å². The van der Waals surface area contributed by atoms with Gasteiger partial charge in [0.25, 0.3) is 0 Å². The predicted molar refractivity (Wildman–Crippen MR) is 114 cm³/mol. The van der Waals surface area contributed by atoms with Gasteiger partial charge in [0, 0.05) is 16.9 Å². The fourth-order valence-corrected chi connectivity index (χ4v) is 4.02. The van der Waals surface area contributed by atoms with E-state index in [2.05, 4.69) is 87.2 Å². The average Bonchev–Trinajstić information content (AvgIpc) is 2.93. The molecule has 1 unspecified atom stereocenters. The molecule has 2 nitrogen and oxygen atoms in total. The van der Waals surface area contributed by atoms with E-state index in [9.17, 15) is 0 Å². The van der Waals surface area contributed by atoms with Gasteiger partial charge in [-0.1, -0.05) is 66.7 Å². The summed E-state index contributed by atoms with van der Waals surface area (Å²) in [6.07, 6.45) is -0.197. The van der Waals surface area contributed by atoms with Crippen molar-refractivity contribution in [3.63, 3.8) is 0 Å². The van der Waals surface area contributed by atoms with Gasteiger partial charge in [0.15, 0.2) is 1.41 Å². The van der Waals surface area contributed by atoms with E-state index in [0.717, 1.165) is 22.6 Å². The maximum Gasteiger partial charge on any atom is 0.163 e. The smallest absolute Gasteiger partial charge is 0.163 e. The molecule has 0 saturated carbocycles. The highest BCUT2D eigenvalue weighted by Gasteiger charge is 2.33. The summed E-state index contributed by atoms with van der Waals surface area (Å²) in [5, 5.41) is 1.69. The molecule has 1 aliphatic rings. The molecule has 3 aromatic carbocycles. The number of benzene rings is 3. The standard InChI is InChI=1S/C25H26N2/c1-17-11-8-9-16-22(17)27-20(4)24(21-14-6-5-7-15-21)26-25(27)23-18(2)12-10-13-19(23)3/h5-16,25-26H,1-4H3/i/hD. The van der Waals surface area contributed by atoms with Gasteiger partial charge in [-0.15, -0.1) is 0 Å². The second-order valence-electron chi connectivity index (χ2n) is 7.26. The first-order chi connectivity index (χ1) is 13.5. The summed E-state index contributed by atoms with van der Waals surface area (Å²) in [6, 6.07) is 25.1. The molecule has 0 aliphatic carbocycles. The van der Waals surface area contributed by atoms with Crippen LogP contribution in [0.5, 0.6) is 0 Å². The van der Waals surface area contributed by atoms with E-state index in [1.165, 1.54) is 22.3 Å². The molecule has 2 heteroatoms. The summed E-state index contributed by atoms with van der Waals surface area (Å²) < 4.78 is 9.13. The van der Waals surface area contributed by atoms with Crippen molar-refractivity contribution < 1.29 is 1.41 Å². The van der Waals surface area contributed by atoms with Gasteiger partial charge in [0.05, 0.1) is 5.70 Å². The fraction of sp³-hybridized carbons (Fsp3) is 0.200. The third-order valence-corrected chi connectivity index (χ3v) is 5.42. The molecule has 0 aromatic heterocycles. The van der Waals surface area contributed by atoms with Crippen LogP contribution in [0.3, 0.4) is 0 Å². The molecule has 1 atom stereocenters. The van der Waals surface area contributed by atoms with Gasteiger partial charge in [-0.05, 0) is 56.0 Å². The lowest BCUT2D eigenvalue weighted by molar-refractivity contribution is 0.656. The topological polar surface area (TPSA) is 15.3 Å². The number of hydrogen-bond acceptors (Lipinski definition) is 2. The van der Waals surface area contributed by atoms with Gasteiger partial charge in [0.2, 0.25) is 0 Å². The Kier molecular flexibility index (Phi) is 4.17. The van der Waals surface area contributed by atoms with Crippen molar-refractivity contribution >= 4 is 11.4 Å². The minimum absolute atomic E-state index is 0.197. The average molecular weight is 356 g/mol. The predicted octanol–water partition coefficient (Wildman–Crippen LogP) is 6.11. The van der Waals surface area contributed by atoms with Crippen LogP contribution >= 0.6 is 0 Å². The summed E-state index contributed by atoms with van der Waals surface area (Å²) in [5.74, 6) is 0. The molecule has 4 rings (SSSR count). The minimum Gasteiger partial charge on any atom is -0.359 e. The molecule has 27 heavy (non-hydrogen) atoms. The van der Waals surface area contributed by atoms with Crippen molar-refractivity contribution in [2.75, 3.05) is 4.90 Å². The number of anilines is 1. The summed E-state index contributed by atoms with van der Waals surface area (Å²) in [6.45, 7) is 8.55. The molecule has 0 fully saturated rings. The molecular weight excluding hydrogens is 328 g/mol. The first kappa shape index (κ1) is 16.2. The van der Waals surface area contributed by atoms with Crippen LogP contribution in [0.4, 0.5) is 5.69 Å². The number of rotatable bonds is 3. The van der Waals surface area contributed by atoms with Crippen molar-refractivity contribution in [2.45, 2.75) is 33.9 Å². The van der Waals surface area contributed by atoms with Crippen LogP contribution in [0.1, 0.15) is 40.9 Å². The highest BCUT2D eigenvalue weighted by molar-refractivity contribution is 5.77. The zero-order valence-corrected chi connectivity index (χ0v) is 16.4. The monoisotopic (exact) mass is 355 g/mol. The van der Waals surface area contributed by atoms with Crippen LogP contribution in [0.15, 0.2) is 78.5 Å². The molecule has 0 amide bonds. The summed E-state index contributed by atoms with van der Waals surface area (Å²) >= 11 is 0. The highest BCUT2D eigenvalue weighted by Crippen LogP contribution is 2.41. The number of nitrogens with one attached hydrogen (secondary N) is 1. The van der Waals surface area contributed by atoms with E-state index >= 15 is 0 Å². The molecule has 3 aromatic rings. The van der Waals surface area contributed by atoms with E-state index in [1.54, 1.807) is 5.31 Å². The Morgan fingerprint density at radius 1 is 0.741 bits per heavy atom.